The van der Waals surface area contributed by atoms with Gasteiger partial charge in [0, 0.05) is 26.2 Å². The molecule has 106 valence electrons. The first-order valence-electron chi connectivity index (χ1n) is 7.15. The van der Waals surface area contributed by atoms with Gasteiger partial charge < -0.3 is 15.1 Å². The molecule has 1 fully saturated rings. The van der Waals surface area contributed by atoms with E-state index in [0.717, 1.165) is 45.6 Å². The third-order valence-electron chi connectivity index (χ3n) is 3.36. The van der Waals surface area contributed by atoms with Crippen LogP contribution in [-0.2, 0) is 4.79 Å². The number of piperidine rings is 1. The summed E-state index contributed by atoms with van der Waals surface area (Å²) in [4.78, 5) is 16.7. The van der Waals surface area contributed by atoms with E-state index in [1.54, 1.807) is 0 Å². The molecule has 0 aliphatic carbocycles. The number of amides is 1. The second kappa shape index (κ2) is 7.74. The van der Waals surface area contributed by atoms with Crippen molar-refractivity contribution < 1.29 is 4.79 Å². The van der Waals surface area contributed by atoms with Crippen LogP contribution in [0.5, 0.6) is 0 Å². The summed E-state index contributed by atoms with van der Waals surface area (Å²) in [6.07, 6.45) is 2.17. The smallest absolute Gasteiger partial charge is 0.227 e. The molecule has 4 nitrogen and oxygen atoms in total. The summed E-state index contributed by atoms with van der Waals surface area (Å²) in [6.45, 7) is 8.94. The lowest BCUT2D eigenvalue weighted by Crippen LogP contribution is -2.46. The number of nitrogens with zero attached hydrogens (tertiary/aromatic N) is 2. The van der Waals surface area contributed by atoms with Crippen molar-refractivity contribution in [3.8, 4) is 0 Å². The molecule has 1 aliphatic rings. The van der Waals surface area contributed by atoms with E-state index >= 15 is 0 Å². The standard InChI is InChI=1S/C14H29N3O/c1-12(2)11-17(9-8-16(3)4)14(18)13-6-5-7-15-10-13/h12-13,15H,5-11H2,1-4H3/t13-/m1/s1. The molecule has 18 heavy (non-hydrogen) atoms. The zero-order chi connectivity index (χ0) is 13.5. The number of rotatable bonds is 6. The van der Waals surface area contributed by atoms with Crippen LogP contribution in [0.2, 0.25) is 0 Å². The molecule has 0 bridgehead atoms. The van der Waals surface area contributed by atoms with Crippen molar-refractivity contribution in [2.24, 2.45) is 11.8 Å². The maximum absolute atomic E-state index is 12.5. The lowest BCUT2D eigenvalue weighted by Gasteiger charge is -2.31. The Kier molecular flexibility index (Phi) is 6.65. The highest BCUT2D eigenvalue weighted by molar-refractivity contribution is 5.79. The highest BCUT2D eigenvalue weighted by Gasteiger charge is 2.26. The number of nitrogens with one attached hydrogen (secondary N) is 1. The molecular formula is C14H29N3O. The van der Waals surface area contributed by atoms with Crippen molar-refractivity contribution in [3.63, 3.8) is 0 Å². The van der Waals surface area contributed by atoms with Gasteiger partial charge in [-0.1, -0.05) is 13.8 Å². The van der Waals surface area contributed by atoms with Crippen molar-refractivity contribution in [1.82, 2.24) is 15.1 Å². The van der Waals surface area contributed by atoms with E-state index in [-0.39, 0.29) is 5.92 Å². The van der Waals surface area contributed by atoms with E-state index < -0.39 is 0 Å². The minimum Gasteiger partial charge on any atom is -0.341 e. The minimum atomic E-state index is 0.194. The Balaban J connectivity index is 2.53. The molecule has 0 aromatic rings. The number of likely N-dealkylation sites (N-methyl/N-ethyl adjacent to an activating group) is 1. The molecule has 1 amide bonds. The molecule has 0 unspecified atom stereocenters. The average Bonchev–Trinajstić information content (AvgIpc) is 2.34. The summed E-state index contributed by atoms with van der Waals surface area (Å²) in [5.41, 5.74) is 0. The highest BCUT2D eigenvalue weighted by atomic mass is 16.2. The first-order valence-corrected chi connectivity index (χ1v) is 7.15. The quantitative estimate of drug-likeness (QED) is 0.770. The second-order valence-corrected chi connectivity index (χ2v) is 6.02. The predicted molar refractivity (Wildman–Crippen MR) is 75.6 cm³/mol. The Morgan fingerprint density at radius 3 is 2.56 bits per heavy atom. The molecule has 1 heterocycles. The van der Waals surface area contributed by atoms with Crippen LogP contribution < -0.4 is 5.32 Å². The van der Waals surface area contributed by atoms with E-state index in [0.29, 0.717) is 11.8 Å². The third-order valence-corrected chi connectivity index (χ3v) is 3.36. The summed E-state index contributed by atoms with van der Waals surface area (Å²) in [7, 11) is 4.11. The van der Waals surface area contributed by atoms with Gasteiger partial charge in [-0.25, -0.2) is 0 Å². The van der Waals surface area contributed by atoms with Crippen LogP contribution in [0, 0.1) is 11.8 Å². The fourth-order valence-corrected chi connectivity index (χ4v) is 2.37. The van der Waals surface area contributed by atoms with Gasteiger partial charge in [-0.05, 0) is 39.4 Å². The Hall–Kier alpha value is -0.610. The molecule has 0 aromatic heterocycles. The van der Waals surface area contributed by atoms with Crippen molar-refractivity contribution in [1.29, 1.82) is 0 Å². The normalized spacial score (nSPS) is 20.4. The molecule has 0 spiro atoms. The maximum atomic E-state index is 12.5. The SMILES string of the molecule is CC(C)CN(CCN(C)C)C(=O)[C@@H]1CCCNC1. The fourth-order valence-electron chi connectivity index (χ4n) is 2.37. The lowest BCUT2D eigenvalue weighted by molar-refractivity contribution is -0.136. The van der Waals surface area contributed by atoms with Crippen LogP contribution in [0.3, 0.4) is 0 Å². The van der Waals surface area contributed by atoms with Gasteiger partial charge in [-0.2, -0.15) is 0 Å². The van der Waals surface area contributed by atoms with Crippen LogP contribution in [0.1, 0.15) is 26.7 Å². The number of carbonyl (C=O) groups excluding carboxylic acids is 1. The molecule has 0 aromatic carbocycles. The summed E-state index contributed by atoms with van der Waals surface area (Å²) in [6, 6.07) is 0. The Morgan fingerprint density at radius 2 is 2.06 bits per heavy atom. The van der Waals surface area contributed by atoms with Crippen LogP contribution in [0.4, 0.5) is 0 Å². The van der Waals surface area contributed by atoms with Crippen LogP contribution >= 0.6 is 0 Å². The van der Waals surface area contributed by atoms with Crippen molar-refractivity contribution in [3.05, 3.63) is 0 Å². The molecule has 0 radical (unpaired) electrons. The first-order chi connectivity index (χ1) is 8.50. The largest absolute Gasteiger partial charge is 0.341 e. The maximum Gasteiger partial charge on any atom is 0.227 e. The van der Waals surface area contributed by atoms with Crippen LogP contribution in [0.15, 0.2) is 0 Å². The molecule has 1 rings (SSSR count). The van der Waals surface area contributed by atoms with E-state index in [9.17, 15) is 4.79 Å². The Morgan fingerprint density at radius 1 is 1.33 bits per heavy atom. The van der Waals surface area contributed by atoms with Crippen LogP contribution in [-0.4, -0.2) is 62.5 Å². The van der Waals surface area contributed by atoms with Gasteiger partial charge in [-0.3, -0.25) is 4.79 Å². The van der Waals surface area contributed by atoms with E-state index in [4.69, 9.17) is 0 Å². The van der Waals surface area contributed by atoms with Gasteiger partial charge in [-0.15, -0.1) is 0 Å². The first kappa shape index (κ1) is 15.4. The second-order valence-electron chi connectivity index (χ2n) is 6.02. The molecule has 4 heteroatoms. The summed E-state index contributed by atoms with van der Waals surface area (Å²) >= 11 is 0. The number of hydrogen-bond acceptors (Lipinski definition) is 3. The van der Waals surface area contributed by atoms with E-state index in [1.807, 2.05) is 0 Å². The molecule has 1 atom stereocenters. The van der Waals surface area contributed by atoms with E-state index in [1.165, 1.54) is 0 Å². The van der Waals surface area contributed by atoms with Gasteiger partial charge in [0.2, 0.25) is 5.91 Å². The molecule has 1 aliphatic heterocycles. The molecular weight excluding hydrogens is 226 g/mol. The van der Waals surface area contributed by atoms with Crippen molar-refractivity contribution in [2.75, 3.05) is 46.8 Å². The van der Waals surface area contributed by atoms with Gasteiger partial charge in [0.1, 0.15) is 0 Å². The monoisotopic (exact) mass is 255 g/mol. The lowest BCUT2D eigenvalue weighted by atomic mass is 9.97. The van der Waals surface area contributed by atoms with Crippen molar-refractivity contribution in [2.45, 2.75) is 26.7 Å². The summed E-state index contributed by atoms with van der Waals surface area (Å²) in [5, 5.41) is 3.33. The summed E-state index contributed by atoms with van der Waals surface area (Å²) < 4.78 is 0. The van der Waals surface area contributed by atoms with Gasteiger partial charge in [0.05, 0.1) is 5.92 Å². The summed E-state index contributed by atoms with van der Waals surface area (Å²) in [5.74, 6) is 1.07. The number of hydrogen-bond donors (Lipinski definition) is 1. The third kappa shape index (κ3) is 5.36. The molecule has 1 N–H and O–H groups in total. The molecule has 0 saturated carbocycles. The minimum absolute atomic E-state index is 0.194. The average molecular weight is 255 g/mol. The zero-order valence-electron chi connectivity index (χ0n) is 12.4. The van der Waals surface area contributed by atoms with Gasteiger partial charge in [0.25, 0.3) is 0 Å². The topological polar surface area (TPSA) is 35.6 Å². The van der Waals surface area contributed by atoms with Crippen LogP contribution in [0.25, 0.3) is 0 Å². The zero-order valence-corrected chi connectivity index (χ0v) is 12.4. The number of carbonyl (C=O) groups is 1. The highest BCUT2D eigenvalue weighted by Crippen LogP contribution is 2.14. The Labute approximate surface area is 112 Å². The van der Waals surface area contributed by atoms with Gasteiger partial charge in [0.15, 0.2) is 0 Å². The van der Waals surface area contributed by atoms with Crippen molar-refractivity contribution >= 4 is 5.91 Å². The predicted octanol–water partition coefficient (Wildman–Crippen LogP) is 1.03. The Bertz CT molecular complexity index is 247. The van der Waals surface area contributed by atoms with Gasteiger partial charge >= 0.3 is 0 Å². The van der Waals surface area contributed by atoms with E-state index in [2.05, 4.69) is 43.1 Å². The fraction of sp³-hybridized carbons (Fsp3) is 0.929. The molecule has 1 saturated heterocycles.